The minimum Gasteiger partial charge on any atom is -0.438 e. The zero-order valence-corrected chi connectivity index (χ0v) is 15.6. The molecule has 4 rings (SSSR count). The van der Waals surface area contributed by atoms with Crippen molar-refractivity contribution >= 4 is 21.4 Å². The number of nitrogens with zero attached hydrogens (tertiary/aromatic N) is 3. The number of fused-ring (bicyclic) bond motifs is 1. The van der Waals surface area contributed by atoms with E-state index in [1.807, 2.05) is 0 Å². The molecule has 0 aliphatic carbocycles. The van der Waals surface area contributed by atoms with E-state index in [4.69, 9.17) is 4.74 Å². The summed E-state index contributed by atoms with van der Waals surface area (Å²) in [5.41, 5.74) is 0.275. The summed E-state index contributed by atoms with van der Waals surface area (Å²) in [5.74, 6) is -0.120. The van der Waals surface area contributed by atoms with E-state index in [-0.39, 0.29) is 11.5 Å². The van der Waals surface area contributed by atoms with E-state index < -0.39 is 27.6 Å². The van der Waals surface area contributed by atoms with Crippen LogP contribution in [0.4, 0.5) is 13.2 Å². The zero-order chi connectivity index (χ0) is 20.6. The highest BCUT2D eigenvalue weighted by atomic mass is 32.2. The predicted octanol–water partition coefficient (Wildman–Crippen LogP) is 3.85. The number of aromatic nitrogens is 1. The Morgan fingerprint density at radius 3 is 2.59 bits per heavy atom. The highest BCUT2D eigenvalue weighted by molar-refractivity contribution is 7.90. The smallest absolute Gasteiger partial charge is 0.421 e. The summed E-state index contributed by atoms with van der Waals surface area (Å²) in [6.07, 6.45) is 1.88. The standard InChI is InChI=1S/C19H14F3N3O3S/c20-19(21,22)16-4-1-9-23-18(16)28-14-7-5-13(6-8-14)15-3-2-10-25-11-12-29(26,27)24-17(15)25/h1-10H,11-12H2. The van der Waals surface area contributed by atoms with E-state index in [0.717, 1.165) is 6.07 Å². The van der Waals surface area contributed by atoms with Gasteiger partial charge in [0.2, 0.25) is 5.88 Å². The molecule has 0 radical (unpaired) electrons. The lowest BCUT2D eigenvalue weighted by Gasteiger charge is -2.29. The Hall–Kier alpha value is -3.14. The molecule has 29 heavy (non-hydrogen) atoms. The normalized spacial score (nSPS) is 18.0. The number of rotatable bonds is 3. The van der Waals surface area contributed by atoms with Crippen LogP contribution < -0.4 is 4.74 Å². The van der Waals surface area contributed by atoms with Crippen LogP contribution in [-0.4, -0.2) is 36.4 Å². The highest BCUT2D eigenvalue weighted by Crippen LogP contribution is 2.36. The molecule has 10 heteroatoms. The Kier molecular flexibility index (Phi) is 4.65. The quantitative estimate of drug-likeness (QED) is 0.753. The van der Waals surface area contributed by atoms with E-state index >= 15 is 0 Å². The monoisotopic (exact) mass is 421 g/mol. The fourth-order valence-corrected chi connectivity index (χ4v) is 3.93. The molecule has 0 bridgehead atoms. The third-order valence-corrected chi connectivity index (χ3v) is 5.46. The van der Waals surface area contributed by atoms with Crippen molar-refractivity contribution in [2.24, 2.45) is 4.40 Å². The van der Waals surface area contributed by atoms with Crippen LogP contribution in [0.15, 0.2) is 65.3 Å². The fraction of sp³-hybridized carbons (Fsp3) is 0.158. The van der Waals surface area contributed by atoms with E-state index in [1.165, 1.54) is 24.4 Å². The molecule has 1 aromatic heterocycles. The maximum Gasteiger partial charge on any atom is 0.421 e. The van der Waals surface area contributed by atoms with Crippen molar-refractivity contribution < 1.29 is 26.3 Å². The molecule has 0 fully saturated rings. The van der Waals surface area contributed by atoms with Crippen LogP contribution in [0.25, 0.3) is 5.57 Å². The molecule has 0 amide bonds. The Bertz CT molecular complexity index is 1140. The first-order chi connectivity index (χ1) is 13.7. The molecular formula is C19H14F3N3O3S. The van der Waals surface area contributed by atoms with Crippen molar-refractivity contribution in [3.05, 3.63) is 72.1 Å². The van der Waals surface area contributed by atoms with E-state index in [2.05, 4.69) is 9.38 Å². The van der Waals surface area contributed by atoms with Gasteiger partial charge in [0.05, 0.1) is 5.75 Å². The second-order valence-electron chi connectivity index (χ2n) is 6.30. The molecule has 0 spiro atoms. The SMILES string of the molecule is O=S1(=O)CCN2C=CC=C(c3ccc(Oc4ncccc4C(F)(F)F)cc3)C2=N1. The lowest BCUT2D eigenvalue weighted by Crippen LogP contribution is -2.37. The van der Waals surface area contributed by atoms with Crippen molar-refractivity contribution in [1.82, 2.24) is 9.88 Å². The third kappa shape index (κ3) is 4.02. The maximum absolute atomic E-state index is 13.1. The lowest BCUT2D eigenvalue weighted by molar-refractivity contribution is -0.138. The molecule has 150 valence electrons. The number of sulfonamides is 1. The first-order valence-corrected chi connectivity index (χ1v) is 10.1. The summed E-state index contributed by atoms with van der Waals surface area (Å²) < 4.78 is 72.1. The molecule has 2 aliphatic rings. The largest absolute Gasteiger partial charge is 0.438 e. The van der Waals surface area contributed by atoms with Gasteiger partial charge in [0, 0.05) is 24.5 Å². The number of hydrogen-bond acceptors (Lipinski definition) is 5. The summed E-state index contributed by atoms with van der Waals surface area (Å²) >= 11 is 0. The van der Waals surface area contributed by atoms with Crippen molar-refractivity contribution in [2.45, 2.75) is 6.18 Å². The predicted molar refractivity (Wildman–Crippen MR) is 101 cm³/mol. The molecule has 0 unspecified atom stereocenters. The van der Waals surface area contributed by atoms with Crippen LogP contribution >= 0.6 is 0 Å². The second kappa shape index (κ2) is 7.03. The van der Waals surface area contributed by atoms with Gasteiger partial charge >= 0.3 is 6.18 Å². The maximum atomic E-state index is 13.1. The number of benzene rings is 1. The van der Waals surface area contributed by atoms with Crippen molar-refractivity contribution in [3.8, 4) is 11.6 Å². The van der Waals surface area contributed by atoms with Gasteiger partial charge in [-0.05, 0) is 42.0 Å². The summed E-state index contributed by atoms with van der Waals surface area (Å²) in [7, 11) is -3.53. The van der Waals surface area contributed by atoms with Gasteiger partial charge in [-0.25, -0.2) is 13.4 Å². The topological polar surface area (TPSA) is 71.9 Å². The van der Waals surface area contributed by atoms with Gasteiger partial charge in [-0.1, -0.05) is 12.1 Å². The minimum absolute atomic E-state index is 0.0630. The summed E-state index contributed by atoms with van der Waals surface area (Å²) in [5, 5.41) is 0. The van der Waals surface area contributed by atoms with E-state index in [0.29, 0.717) is 23.5 Å². The average molecular weight is 421 g/mol. The molecule has 0 N–H and O–H groups in total. The van der Waals surface area contributed by atoms with Gasteiger partial charge in [0.25, 0.3) is 10.0 Å². The number of pyridine rings is 1. The number of alkyl halides is 3. The lowest BCUT2D eigenvalue weighted by atomic mass is 10.0. The zero-order valence-electron chi connectivity index (χ0n) is 14.8. The molecule has 2 aliphatic heterocycles. The van der Waals surface area contributed by atoms with Gasteiger partial charge in [0.15, 0.2) is 5.84 Å². The van der Waals surface area contributed by atoms with Crippen molar-refractivity contribution in [3.63, 3.8) is 0 Å². The first kappa shape index (κ1) is 19.2. The van der Waals surface area contributed by atoms with Gasteiger partial charge < -0.3 is 9.64 Å². The van der Waals surface area contributed by atoms with Crippen LogP contribution in [0.3, 0.4) is 0 Å². The van der Waals surface area contributed by atoms with Gasteiger partial charge in [-0.2, -0.15) is 13.2 Å². The Labute approximate surface area is 164 Å². The molecular weight excluding hydrogens is 407 g/mol. The molecule has 1 aromatic carbocycles. The average Bonchev–Trinajstić information content (AvgIpc) is 2.67. The van der Waals surface area contributed by atoms with Crippen LogP contribution in [-0.2, 0) is 16.2 Å². The van der Waals surface area contributed by atoms with Gasteiger partial charge in [-0.15, -0.1) is 4.40 Å². The summed E-state index contributed by atoms with van der Waals surface area (Å²) in [4.78, 5) is 5.41. The van der Waals surface area contributed by atoms with Crippen molar-refractivity contribution in [1.29, 1.82) is 0 Å². The highest BCUT2D eigenvalue weighted by Gasteiger charge is 2.35. The van der Waals surface area contributed by atoms with Crippen LogP contribution in [0.5, 0.6) is 11.6 Å². The number of ether oxygens (including phenoxy) is 1. The molecule has 2 aromatic rings. The minimum atomic E-state index is -4.59. The number of hydrogen-bond donors (Lipinski definition) is 0. The Morgan fingerprint density at radius 2 is 1.86 bits per heavy atom. The fourth-order valence-electron chi connectivity index (χ4n) is 2.94. The van der Waals surface area contributed by atoms with E-state index in [1.54, 1.807) is 35.4 Å². The molecule has 6 nitrogen and oxygen atoms in total. The first-order valence-electron chi connectivity index (χ1n) is 8.52. The van der Waals surface area contributed by atoms with Gasteiger partial charge in [0.1, 0.15) is 11.3 Å². The third-order valence-electron chi connectivity index (χ3n) is 4.31. The van der Waals surface area contributed by atoms with Crippen LogP contribution in [0.2, 0.25) is 0 Å². The number of halogens is 3. The number of allylic oxidation sites excluding steroid dienone is 2. The molecule has 0 saturated carbocycles. The summed E-state index contributed by atoms with van der Waals surface area (Å²) in [6, 6.07) is 8.31. The molecule has 0 saturated heterocycles. The number of amidine groups is 1. The second-order valence-corrected chi connectivity index (χ2v) is 8.05. The Balaban J connectivity index is 1.62. The van der Waals surface area contributed by atoms with Crippen LogP contribution in [0.1, 0.15) is 11.1 Å². The molecule has 3 heterocycles. The summed E-state index contributed by atoms with van der Waals surface area (Å²) in [6.45, 7) is 0.302. The molecule has 0 atom stereocenters. The van der Waals surface area contributed by atoms with Crippen molar-refractivity contribution in [2.75, 3.05) is 12.3 Å². The van der Waals surface area contributed by atoms with E-state index in [9.17, 15) is 21.6 Å². The Morgan fingerprint density at radius 1 is 1.10 bits per heavy atom. The van der Waals surface area contributed by atoms with Gasteiger partial charge in [-0.3, -0.25) is 0 Å². The van der Waals surface area contributed by atoms with Crippen LogP contribution in [0, 0.1) is 0 Å².